The molecule has 2 aromatic carbocycles. The van der Waals surface area contributed by atoms with E-state index in [0.717, 1.165) is 93.4 Å². The molecular weight excluding hydrogens is 1130 g/mol. The van der Waals surface area contributed by atoms with Crippen LogP contribution in [0.15, 0.2) is 147 Å². The number of fused-ring (bicyclic) bond motifs is 2. The summed E-state index contributed by atoms with van der Waals surface area (Å²) in [6.45, 7) is 7.31. The van der Waals surface area contributed by atoms with Gasteiger partial charge >= 0.3 is 51.4 Å². The number of ether oxygens (including phenoxy) is 1. The number of hydrogen-bond acceptors (Lipinski definition) is 16. The van der Waals surface area contributed by atoms with Gasteiger partial charge in [0.1, 0.15) is 47.2 Å². The largest absolute Gasteiger partial charge is 1.00 e. The van der Waals surface area contributed by atoms with Crippen molar-refractivity contribution in [3.63, 3.8) is 0 Å². The molecule has 8 heterocycles. The number of aryl methyl sites for hydroxylation is 2. The fourth-order valence-corrected chi connectivity index (χ4v) is 7.36. The van der Waals surface area contributed by atoms with Crippen LogP contribution in [0.1, 0.15) is 57.6 Å². The molecule has 5 N–H and O–H groups in total. The number of pyridine rings is 2. The molecule has 25 heteroatoms. The van der Waals surface area contributed by atoms with Gasteiger partial charge in [-0.25, -0.2) is 38.5 Å². The third-order valence-electron chi connectivity index (χ3n) is 11.1. The Kier molecular flexibility index (Phi) is 27.4. The van der Waals surface area contributed by atoms with Gasteiger partial charge in [-0.1, -0.05) is 69.3 Å². The first-order chi connectivity index (χ1) is 38.5. The summed E-state index contributed by atoms with van der Waals surface area (Å²) in [4.78, 5) is 26.2. The Balaban J connectivity index is 0.000000237. The fourth-order valence-electron chi connectivity index (χ4n) is 7.36. The van der Waals surface area contributed by atoms with Crippen LogP contribution in [0.2, 0.25) is 0 Å². The first-order valence-electron chi connectivity index (χ1n) is 25.3. The molecule has 0 aliphatic rings. The summed E-state index contributed by atoms with van der Waals surface area (Å²) in [5.41, 5.74) is 10.4. The smallest absolute Gasteiger partial charge is 0.850 e. The monoisotopic (exact) mass is 1190 g/mol. The second-order valence-corrected chi connectivity index (χ2v) is 21.2. The first-order valence-corrected chi connectivity index (χ1v) is 28.1. The van der Waals surface area contributed by atoms with Crippen LogP contribution in [0.5, 0.6) is 5.75 Å². The van der Waals surface area contributed by atoms with Crippen molar-refractivity contribution in [2.45, 2.75) is 65.1 Å². The van der Waals surface area contributed by atoms with Crippen molar-refractivity contribution in [2.24, 2.45) is 14.1 Å². The Labute approximate surface area is 523 Å². The van der Waals surface area contributed by atoms with E-state index in [1.165, 1.54) is 18.5 Å². The Bertz CT molecular complexity index is 3470. The fraction of sp³-hybridized carbons (Fsp3) is 0.286. The molecule has 20 nitrogen and oxygen atoms in total. The van der Waals surface area contributed by atoms with E-state index in [4.69, 9.17) is 24.3 Å². The maximum absolute atomic E-state index is 13.4. The van der Waals surface area contributed by atoms with Gasteiger partial charge in [-0.05, 0) is 60.1 Å². The van der Waals surface area contributed by atoms with Gasteiger partial charge in [0.25, 0.3) is 0 Å². The standard InChI is InChI=1S/C26H27N7O2.C22H18FN7.C4H10O2.C4H9O.Cl2OS.K/c1-32-17-21(15-31-32)20-6-4-19(5-7-20)14-27-25-13-23(29-18-30-25)24-16-28-26-12-22(8-9-33(24)26)35-11-3-2-10-34;1-29-13-17(11-28-29)16-4-2-15(3-5-16)10-24-21-9-19(26-14-27-21)20-12-25-22-8-18(23)6-7-30(20)22;5-3-1-2-4-6;1-4(2,3)5;1-4(2)3;/h4-9,12-13,15-18,34H,2-3,10-11,14H2,1H3,(H,27,29,30);2-9,11-14H,10H2,1H3,(H,24,26,27);5-6H,1-4H2;1-3H3;;/q;;;-1;;+1. The number of rotatable bonds is 18. The summed E-state index contributed by atoms with van der Waals surface area (Å²) >= 11 is 0. The number of aliphatic hydroxyl groups excluding tert-OH is 3. The SMILES string of the molecule is CC(C)(C)[O-].Cn1cc(-c2ccc(CNc3cc(-c4cnc5cc(F)ccn45)ncn3)cc2)cn1.Cn1cc(-c2ccc(CNc3cc(-c4cnc5cc(OCCCCO)ccn45)ncn3)cc2)cn1.O=S(Cl)Cl.OCCCCO.[K+]. The third kappa shape index (κ3) is 22.3. The molecule has 0 bridgehead atoms. The molecule has 0 radical (unpaired) electrons. The molecule has 10 aromatic rings. The number of aromatic nitrogens is 12. The molecule has 0 saturated heterocycles. The summed E-state index contributed by atoms with van der Waals surface area (Å²) in [6, 6.07) is 27.1. The molecule has 0 amide bonds. The number of imidazole rings is 2. The topological polar surface area (TPSA) is 256 Å². The minimum absolute atomic E-state index is 0. The molecule has 422 valence electrons. The van der Waals surface area contributed by atoms with Crippen LogP contribution in [0.3, 0.4) is 0 Å². The van der Waals surface area contributed by atoms with Gasteiger partial charge in [0.05, 0.1) is 54.2 Å². The van der Waals surface area contributed by atoms with Gasteiger partial charge in [-0.15, -0.1) is 5.60 Å². The van der Waals surface area contributed by atoms with Crippen molar-refractivity contribution in [2.75, 3.05) is 37.1 Å². The molecule has 8 aromatic heterocycles. The second kappa shape index (κ2) is 33.8. The maximum atomic E-state index is 13.4. The predicted octanol–water partition coefficient (Wildman–Crippen LogP) is 5.84. The number of unbranched alkanes of at least 4 members (excludes halogenated alkanes) is 2. The molecule has 0 fully saturated rings. The number of benzene rings is 2. The summed E-state index contributed by atoms with van der Waals surface area (Å²) in [6.07, 6.45) is 20.8. The van der Waals surface area contributed by atoms with E-state index in [-0.39, 0.29) is 77.0 Å². The van der Waals surface area contributed by atoms with Gasteiger partial charge in [0.15, 0.2) is 0 Å². The Morgan fingerprint density at radius 1 is 0.605 bits per heavy atom. The number of aliphatic hydroxyl groups is 3. The number of anilines is 2. The quantitative estimate of drug-likeness (QED) is 0.0384. The number of nitrogens with zero attached hydrogens (tertiary/aromatic N) is 12. The van der Waals surface area contributed by atoms with Crippen molar-refractivity contribution in [3.05, 3.63) is 164 Å². The third-order valence-corrected chi connectivity index (χ3v) is 11.1. The number of nitrogens with one attached hydrogen (secondary N) is 2. The van der Waals surface area contributed by atoms with Crippen LogP contribution in [0.4, 0.5) is 16.0 Å². The first kappa shape index (κ1) is 65.7. The van der Waals surface area contributed by atoms with Gasteiger partial charge in [0, 0.05) is 129 Å². The summed E-state index contributed by atoms with van der Waals surface area (Å²) in [7, 11) is 11.2. The summed E-state index contributed by atoms with van der Waals surface area (Å²) in [5.74, 6) is 1.88. The van der Waals surface area contributed by atoms with E-state index in [0.29, 0.717) is 36.9 Å². The molecular formula is C56H64Cl2FKN14O6S. The summed E-state index contributed by atoms with van der Waals surface area (Å²) < 4.78 is 35.6. The average molecular weight is 1190 g/mol. The van der Waals surface area contributed by atoms with E-state index in [1.807, 2.05) is 73.7 Å². The molecule has 0 atom stereocenters. The van der Waals surface area contributed by atoms with E-state index in [9.17, 15) is 9.50 Å². The van der Waals surface area contributed by atoms with E-state index < -0.39 is 14.8 Å². The van der Waals surface area contributed by atoms with Crippen LogP contribution in [-0.4, -0.2) is 110 Å². The zero-order valence-electron chi connectivity index (χ0n) is 45.9. The molecule has 0 unspecified atom stereocenters. The van der Waals surface area contributed by atoms with E-state index in [1.54, 1.807) is 59.5 Å². The van der Waals surface area contributed by atoms with Crippen molar-refractivity contribution in [3.8, 4) is 50.8 Å². The molecule has 0 spiro atoms. The van der Waals surface area contributed by atoms with Gasteiger partial charge < -0.3 is 35.8 Å². The van der Waals surface area contributed by atoms with E-state index in [2.05, 4.69) is 121 Å². The van der Waals surface area contributed by atoms with E-state index >= 15 is 0 Å². The van der Waals surface area contributed by atoms with Crippen LogP contribution in [0, 0.1) is 5.82 Å². The number of hydrogen-bond donors (Lipinski definition) is 5. The zero-order valence-corrected chi connectivity index (χ0v) is 51.4. The van der Waals surface area contributed by atoms with Crippen molar-refractivity contribution in [1.29, 1.82) is 0 Å². The molecule has 0 saturated carbocycles. The van der Waals surface area contributed by atoms with Crippen LogP contribution < -0.4 is 71.9 Å². The Morgan fingerprint density at radius 3 is 1.44 bits per heavy atom. The Morgan fingerprint density at radius 2 is 1.02 bits per heavy atom. The normalized spacial score (nSPS) is 10.8. The zero-order chi connectivity index (χ0) is 57.4. The minimum atomic E-state index is -1.67. The van der Waals surface area contributed by atoms with Crippen LogP contribution >= 0.6 is 21.4 Å². The van der Waals surface area contributed by atoms with Gasteiger partial charge in [0.2, 0.25) is 9.23 Å². The van der Waals surface area contributed by atoms with Gasteiger partial charge in [-0.2, -0.15) is 10.2 Å². The summed E-state index contributed by atoms with van der Waals surface area (Å²) in [5, 5.41) is 50.3. The predicted molar refractivity (Wildman–Crippen MR) is 309 cm³/mol. The van der Waals surface area contributed by atoms with Crippen LogP contribution in [0.25, 0.3) is 56.3 Å². The van der Waals surface area contributed by atoms with Crippen molar-refractivity contribution in [1.82, 2.24) is 58.3 Å². The molecule has 0 aliphatic carbocycles. The Hall–Kier alpha value is -6.06. The molecule has 0 aliphatic heterocycles. The van der Waals surface area contributed by atoms with Crippen molar-refractivity contribution < 1.29 is 85.1 Å². The van der Waals surface area contributed by atoms with Gasteiger partial charge in [-0.3, -0.25) is 18.2 Å². The number of halogens is 3. The van der Waals surface area contributed by atoms with Crippen molar-refractivity contribution >= 4 is 53.5 Å². The minimum Gasteiger partial charge on any atom is -0.850 e. The second-order valence-electron chi connectivity index (χ2n) is 18.7. The average Bonchev–Trinajstić information content (AvgIpc) is 4.39. The molecule has 81 heavy (non-hydrogen) atoms. The maximum Gasteiger partial charge on any atom is 1.00 e. The molecule has 10 rings (SSSR count). The van der Waals surface area contributed by atoms with Crippen LogP contribution in [-0.2, 0) is 36.4 Å².